The van der Waals surface area contributed by atoms with E-state index in [1.54, 1.807) is 42.5 Å². The molecule has 6 nitrogen and oxygen atoms in total. The van der Waals surface area contributed by atoms with E-state index in [-0.39, 0.29) is 32.7 Å². The van der Waals surface area contributed by atoms with E-state index in [2.05, 4.69) is 0 Å². The molecule has 1 amide bonds. The van der Waals surface area contributed by atoms with Crippen molar-refractivity contribution in [1.29, 1.82) is 0 Å². The third kappa shape index (κ3) is 3.68. The van der Waals surface area contributed by atoms with Gasteiger partial charge in [-0.2, -0.15) is 0 Å². The zero-order valence-corrected chi connectivity index (χ0v) is 18.3. The highest BCUT2D eigenvalue weighted by molar-refractivity contribution is 6.51. The lowest BCUT2D eigenvalue weighted by atomic mass is 9.94. The van der Waals surface area contributed by atoms with Gasteiger partial charge < -0.3 is 14.9 Å². The van der Waals surface area contributed by atoms with Gasteiger partial charge in [0.05, 0.1) is 29.3 Å². The third-order valence-electron chi connectivity index (χ3n) is 5.13. The number of aromatic hydroxyl groups is 1. The number of rotatable bonds is 4. The van der Waals surface area contributed by atoms with Crippen LogP contribution in [0.15, 0.2) is 72.3 Å². The number of aliphatic hydroxyl groups is 1. The van der Waals surface area contributed by atoms with Crippen LogP contribution in [0.3, 0.4) is 0 Å². The molecule has 1 heterocycles. The van der Waals surface area contributed by atoms with Crippen molar-refractivity contribution in [3.05, 3.63) is 93.5 Å². The maximum Gasteiger partial charge on any atom is 0.300 e. The van der Waals surface area contributed by atoms with E-state index < -0.39 is 23.5 Å². The number of aliphatic hydroxyl groups excluding tert-OH is 1. The van der Waals surface area contributed by atoms with Gasteiger partial charge >= 0.3 is 0 Å². The van der Waals surface area contributed by atoms with E-state index in [1.807, 2.05) is 0 Å². The topological polar surface area (TPSA) is 87.1 Å². The van der Waals surface area contributed by atoms with Crippen molar-refractivity contribution in [1.82, 2.24) is 0 Å². The fraction of sp³-hybridized carbons (Fsp3) is 0.0833. The lowest BCUT2D eigenvalue weighted by molar-refractivity contribution is -0.132. The van der Waals surface area contributed by atoms with Gasteiger partial charge in [-0.3, -0.25) is 14.5 Å². The molecule has 1 saturated heterocycles. The van der Waals surface area contributed by atoms with Crippen molar-refractivity contribution >= 4 is 46.3 Å². The number of nitrogens with zero attached hydrogens (tertiary/aromatic N) is 1. The number of phenols is 1. The molecule has 1 fully saturated rings. The summed E-state index contributed by atoms with van der Waals surface area (Å²) < 4.78 is 5.31. The predicted molar refractivity (Wildman–Crippen MR) is 122 cm³/mol. The second-order valence-electron chi connectivity index (χ2n) is 7.07. The molecule has 1 aliphatic heterocycles. The van der Waals surface area contributed by atoms with Crippen LogP contribution in [0, 0.1) is 0 Å². The molecule has 1 atom stereocenters. The molecule has 0 spiro atoms. The van der Waals surface area contributed by atoms with Gasteiger partial charge in [0.2, 0.25) is 0 Å². The number of carbonyl (C=O) groups is 2. The smallest absolute Gasteiger partial charge is 0.300 e. The molecular weight excluding hydrogens is 453 g/mol. The van der Waals surface area contributed by atoms with Crippen molar-refractivity contribution in [3.63, 3.8) is 0 Å². The number of Topliss-reactive ketones (excluding diaryl/α,β-unsaturated/α-hetero) is 1. The number of amides is 1. The summed E-state index contributed by atoms with van der Waals surface area (Å²) in [6.45, 7) is 0. The summed E-state index contributed by atoms with van der Waals surface area (Å²) in [5.41, 5.74) is 0.780. The van der Waals surface area contributed by atoms with Gasteiger partial charge in [0.1, 0.15) is 17.3 Å². The third-order valence-corrected chi connectivity index (χ3v) is 5.63. The monoisotopic (exact) mass is 469 g/mol. The quantitative estimate of drug-likeness (QED) is 0.306. The Morgan fingerprint density at radius 1 is 1.00 bits per heavy atom. The van der Waals surface area contributed by atoms with Crippen molar-refractivity contribution in [2.75, 3.05) is 12.0 Å². The Bertz CT molecular complexity index is 1260. The molecule has 1 aliphatic rings. The van der Waals surface area contributed by atoms with E-state index in [0.717, 1.165) is 0 Å². The molecule has 3 aromatic rings. The molecular formula is C24H17Cl2NO5. The number of ketones is 1. The molecule has 162 valence electrons. The molecule has 32 heavy (non-hydrogen) atoms. The molecule has 1 unspecified atom stereocenters. The Balaban J connectivity index is 2.02. The SMILES string of the molecule is COc1c(Cl)cc(Cl)cc1/C(O)=C1\C(=O)C(=O)N(c2ccccc2)C1c1cccc(O)c1. The number of halogens is 2. The average molecular weight is 470 g/mol. The second-order valence-corrected chi connectivity index (χ2v) is 7.91. The number of para-hydroxylation sites is 1. The number of methoxy groups -OCH3 is 1. The van der Waals surface area contributed by atoms with Gasteiger partial charge in [-0.1, -0.05) is 53.5 Å². The largest absolute Gasteiger partial charge is 0.508 e. The van der Waals surface area contributed by atoms with Crippen LogP contribution >= 0.6 is 23.2 Å². The number of ether oxygens (including phenoxy) is 1. The molecule has 2 N–H and O–H groups in total. The van der Waals surface area contributed by atoms with Crippen molar-refractivity contribution < 1.29 is 24.5 Å². The average Bonchev–Trinajstić information content (AvgIpc) is 3.04. The fourth-order valence-corrected chi connectivity index (χ4v) is 4.36. The molecule has 0 aliphatic carbocycles. The fourth-order valence-electron chi connectivity index (χ4n) is 3.79. The van der Waals surface area contributed by atoms with Crippen LogP contribution in [0.1, 0.15) is 17.2 Å². The molecule has 0 radical (unpaired) electrons. The Hall–Kier alpha value is -3.48. The van der Waals surface area contributed by atoms with Crippen molar-refractivity contribution in [3.8, 4) is 11.5 Å². The first-order chi connectivity index (χ1) is 15.3. The first-order valence-electron chi connectivity index (χ1n) is 9.52. The van der Waals surface area contributed by atoms with E-state index in [1.165, 1.54) is 36.3 Å². The van der Waals surface area contributed by atoms with Crippen molar-refractivity contribution in [2.24, 2.45) is 0 Å². The molecule has 0 bridgehead atoms. The van der Waals surface area contributed by atoms with Crippen LogP contribution in [-0.2, 0) is 9.59 Å². The van der Waals surface area contributed by atoms with E-state index in [9.17, 15) is 19.8 Å². The van der Waals surface area contributed by atoms with Crippen LogP contribution in [0.4, 0.5) is 5.69 Å². The predicted octanol–water partition coefficient (Wildman–Crippen LogP) is 5.33. The number of hydrogen-bond acceptors (Lipinski definition) is 5. The summed E-state index contributed by atoms with van der Waals surface area (Å²) in [5, 5.41) is 21.6. The molecule has 4 rings (SSSR count). The van der Waals surface area contributed by atoms with Gasteiger partial charge in [0.25, 0.3) is 11.7 Å². The summed E-state index contributed by atoms with van der Waals surface area (Å²) in [5.74, 6) is -2.15. The summed E-state index contributed by atoms with van der Waals surface area (Å²) in [4.78, 5) is 27.5. The van der Waals surface area contributed by atoms with Crippen LogP contribution in [0.25, 0.3) is 5.76 Å². The zero-order chi connectivity index (χ0) is 23.0. The summed E-state index contributed by atoms with van der Waals surface area (Å²) in [6, 6.07) is 16.6. The number of anilines is 1. The molecule has 0 aromatic heterocycles. The van der Waals surface area contributed by atoms with Gasteiger partial charge in [0, 0.05) is 10.7 Å². The van der Waals surface area contributed by atoms with E-state index >= 15 is 0 Å². The summed E-state index contributed by atoms with van der Waals surface area (Å²) in [7, 11) is 1.36. The highest BCUT2D eigenvalue weighted by atomic mass is 35.5. The lowest BCUT2D eigenvalue weighted by Gasteiger charge is -2.25. The highest BCUT2D eigenvalue weighted by Crippen LogP contribution is 2.45. The van der Waals surface area contributed by atoms with Crippen LogP contribution < -0.4 is 9.64 Å². The normalized spacial score (nSPS) is 17.6. The maximum absolute atomic E-state index is 13.2. The molecule has 8 heteroatoms. The van der Waals surface area contributed by atoms with Gasteiger partial charge in [0.15, 0.2) is 0 Å². The molecule has 0 saturated carbocycles. The Labute approximate surface area is 193 Å². The number of benzene rings is 3. The van der Waals surface area contributed by atoms with Crippen LogP contribution in [0.5, 0.6) is 11.5 Å². The van der Waals surface area contributed by atoms with Gasteiger partial charge in [-0.25, -0.2) is 0 Å². The first-order valence-corrected chi connectivity index (χ1v) is 10.3. The minimum atomic E-state index is -1.01. The second kappa shape index (κ2) is 8.57. The number of carbonyl (C=O) groups excluding carboxylic acids is 2. The van der Waals surface area contributed by atoms with E-state index in [4.69, 9.17) is 27.9 Å². The Morgan fingerprint density at radius 3 is 2.38 bits per heavy atom. The van der Waals surface area contributed by atoms with E-state index in [0.29, 0.717) is 11.3 Å². The lowest BCUT2D eigenvalue weighted by Crippen LogP contribution is -2.29. The summed E-state index contributed by atoms with van der Waals surface area (Å²) in [6.07, 6.45) is 0. The molecule has 3 aromatic carbocycles. The standard InChI is InChI=1S/C24H17Cl2NO5/c1-32-23-17(11-14(25)12-18(23)26)21(29)19-20(13-6-5-9-16(28)10-13)27(24(31)22(19)30)15-7-3-2-4-8-15/h2-12,20,28-29H,1H3/b21-19+. The highest BCUT2D eigenvalue weighted by Gasteiger charge is 2.47. The Kier molecular flexibility index (Phi) is 5.82. The van der Waals surface area contributed by atoms with Crippen LogP contribution in [0.2, 0.25) is 10.0 Å². The minimum absolute atomic E-state index is 0.0514. The number of hydrogen-bond donors (Lipinski definition) is 2. The van der Waals surface area contributed by atoms with Gasteiger partial charge in [-0.05, 0) is 42.0 Å². The summed E-state index contributed by atoms with van der Waals surface area (Å²) >= 11 is 12.3. The minimum Gasteiger partial charge on any atom is -0.508 e. The maximum atomic E-state index is 13.2. The zero-order valence-electron chi connectivity index (χ0n) is 16.8. The van der Waals surface area contributed by atoms with Crippen LogP contribution in [-0.4, -0.2) is 29.0 Å². The number of phenolic OH excluding ortho intramolecular Hbond substituents is 1. The first kappa shape index (κ1) is 21.7. The van der Waals surface area contributed by atoms with Crippen molar-refractivity contribution in [2.45, 2.75) is 6.04 Å². The van der Waals surface area contributed by atoms with Gasteiger partial charge in [-0.15, -0.1) is 0 Å². The Morgan fingerprint density at radius 2 is 1.72 bits per heavy atom.